The summed E-state index contributed by atoms with van der Waals surface area (Å²) in [5, 5.41) is 0.572. The van der Waals surface area contributed by atoms with Gasteiger partial charge in [-0.2, -0.15) is 0 Å². The van der Waals surface area contributed by atoms with E-state index in [1.54, 1.807) is 6.07 Å². The summed E-state index contributed by atoms with van der Waals surface area (Å²) in [4.78, 5) is 0. The second-order valence-electron chi connectivity index (χ2n) is 2.84. The van der Waals surface area contributed by atoms with Crippen molar-refractivity contribution in [2.75, 3.05) is 13.3 Å². The van der Waals surface area contributed by atoms with Crippen molar-refractivity contribution < 1.29 is 9.47 Å². The van der Waals surface area contributed by atoms with Crippen LogP contribution < -0.4 is 15.2 Å². The van der Waals surface area contributed by atoms with Crippen LogP contribution in [0.4, 0.5) is 0 Å². The number of nitrogens with two attached hydrogens (primary N) is 1. The van der Waals surface area contributed by atoms with Gasteiger partial charge in [0.15, 0.2) is 11.5 Å². The Morgan fingerprint density at radius 1 is 1.36 bits per heavy atom. The minimum absolute atomic E-state index is 0.225. The molecule has 0 aromatic heterocycles. The van der Waals surface area contributed by atoms with Gasteiger partial charge in [0.2, 0.25) is 6.79 Å². The summed E-state index contributed by atoms with van der Waals surface area (Å²) in [6.45, 7) is 0.723. The zero-order valence-electron chi connectivity index (χ0n) is 7.50. The Morgan fingerprint density at radius 2 is 2.14 bits per heavy atom. The molecule has 1 aromatic carbocycles. The van der Waals surface area contributed by atoms with E-state index < -0.39 is 0 Å². The summed E-state index contributed by atoms with van der Waals surface area (Å²) in [5.74, 6) is 1.31. The number of benzene rings is 1. The second-order valence-corrected chi connectivity index (χ2v) is 3.25. The van der Waals surface area contributed by atoms with Crippen molar-refractivity contribution in [1.29, 1.82) is 0 Å². The molecule has 4 heteroatoms. The quantitative estimate of drug-likeness (QED) is 0.814. The zero-order valence-corrected chi connectivity index (χ0v) is 8.25. The lowest BCUT2D eigenvalue weighted by molar-refractivity contribution is 0.174. The Labute approximate surface area is 87.1 Å². The van der Waals surface area contributed by atoms with E-state index in [2.05, 4.69) is 0 Å². The smallest absolute Gasteiger partial charge is 0.231 e. The minimum Gasteiger partial charge on any atom is -0.453 e. The number of halogens is 1. The van der Waals surface area contributed by atoms with E-state index in [0.29, 0.717) is 23.1 Å². The number of hydrogen-bond acceptors (Lipinski definition) is 3. The van der Waals surface area contributed by atoms with Crippen molar-refractivity contribution in [3.63, 3.8) is 0 Å². The molecule has 0 radical (unpaired) electrons. The molecule has 2 rings (SSSR count). The highest BCUT2D eigenvalue weighted by Crippen LogP contribution is 2.41. The van der Waals surface area contributed by atoms with E-state index in [4.69, 9.17) is 26.8 Å². The van der Waals surface area contributed by atoms with E-state index >= 15 is 0 Å². The van der Waals surface area contributed by atoms with Gasteiger partial charge in [-0.25, -0.2) is 0 Å². The van der Waals surface area contributed by atoms with Crippen LogP contribution in [0.5, 0.6) is 11.5 Å². The van der Waals surface area contributed by atoms with Gasteiger partial charge in [-0.15, -0.1) is 0 Å². The maximum Gasteiger partial charge on any atom is 0.231 e. The van der Waals surface area contributed by atoms with E-state index in [1.807, 2.05) is 18.2 Å². The van der Waals surface area contributed by atoms with E-state index in [0.717, 1.165) is 5.56 Å². The molecule has 2 N–H and O–H groups in total. The SMILES string of the molecule is NC/C=C/c1ccc(Cl)c2c1OCO2. The molecule has 0 saturated heterocycles. The summed E-state index contributed by atoms with van der Waals surface area (Å²) in [5.41, 5.74) is 6.30. The molecule has 1 aliphatic heterocycles. The molecule has 1 heterocycles. The van der Waals surface area contributed by atoms with Crippen molar-refractivity contribution in [1.82, 2.24) is 0 Å². The zero-order chi connectivity index (χ0) is 9.97. The fraction of sp³-hybridized carbons (Fsp3) is 0.200. The van der Waals surface area contributed by atoms with Crippen LogP contribution in [-0.4, -0.2) is 13.3 Å². The van der Waals surface area contributed by atoms with Crippen molar-refractivity contribution in [3.8, 4) is 11.5 Å². The molecule has 0 saturated carbocycles. The molecule has 0 amide bonds. The first-order valence-corrected chi connectivity index (χ1v) is 4.65. The van der Waals surface area contributed by atoms with Crippen LogP contribution >= 0.6 is 11.6 Å². The molecular formula is C10H10ClNO2. The molecule has 14 heavy (non-hydrogen) atoms. The molecule has 0 unspecified atom stereocenters. The van der Waals surface area contributed by atoms with Crippen LogP contribution in [0, 0.1) is 0 Å². The summed E-state index contributed by atoms with van der Waals surface area (Å²) < 4.78 is 10.5. The average Bonchev–Trinajstić information content (AvgIpc) is 2.66. The molecular weight excluding hydrogens is 202 g/mol. The Bertz CT molecular complexity index is 377. The fourth-order valence-corrected chi connectivity index (χ4v) is 1.51. The first-order valence-electron chi connectivity index (χ1n) is 4.27. The highest BCUT2D eigenvalue weighted by atomic mass is 35.5. The van der Waals surface area contributed by atoms with Gasteiger partial charge < -0.3 is 15.2 Å². The average molecular weight is 212 g/mol. The van der Waals surface area contributed by atoms with Crippen molar-refractivity contribution in [2.24, 2.45) is 5.73 Å². The maximum absolute atomic E-state index is 5.92. The topological polar surface area (TPSA) is 44.5 Å². The third kappa shape index (κ3) is 1.56. The van der Waals surface area contributed by atoms with Crippen LogP contribution in [0.2, 0.25) is 5.02 Å². The van der Waals surface area contributed by atoms with Crippen LogP contribution in [0.1, 0.15) is 5.56 Å². The molecule has 0 spiro atoms. The Kier molecular flexibility index (Phi) is 2.61. The molecule has 0 bridgehead atoms. The first kappa shape index (κ1) is 9.37. The maximum atomic E-state index is 5.92. The predicted octanol–water partition coefficient (Wildman–Crippen LogP) is 2.04. The van der Waals surface area contributed by atoms with Gasteiger partial charge in [-0.3, -0.25) is 0 Å². The van der Waals surface area contributed by atoms with Gasteiger partial charge in [-0.05, 0) is 12.1 Å². The highest BCUT2D eigenvalue weighted by Gasteiger charge is 2.19. The molecule has 74 valence electrons. The lowest BCUT2D eigenvalue weighted by Gasteiger charge is -2.01. The lowest BCUT2D eigenvalue weighted by Crippen LogP contribution is -1.94. The molecule has 0 atom stereocenters. The van der Waals surface area contributed by atoms with Gasteiger partial charge in [0.25, 0.3) is 0 Å². The molecule has 3 nitrogen and oxygen atoms in total. The minimum atomic E-state index is 0.225. The van der Waals surface area contributed by atoms with Crippen LogP contribution in [-0.2, 0) is 0 Å². The monoisotopic (exact) mass is 211 g/mol. The number of fused-ring (bicyclic) bond motifs is 1. The Balaban J connectivity index is 2.43. The van der Waals surface area contributed by atoms with Crippen LogP contribution in [0.15, 0.2) is 18.2 Å². The lowest BCUT2D eigenvalue weighted by atomic mass is 10.1. The van der Waals surface area contributed by atoms with Crippen molar-refractivity contribution in [2.45, 2.75) is 0 Å². The van der Waals surface area contributed by atoms with Gasteiger partial charge >= 0.3 is 0 Å². The van der Waals surface area contributed by atoms with E-state index in [-0.39, 0.29) is 6.79 Å². The van der Waals surface area contributed by atoms with Crippen molar-refractivity contribution in [3.05, 3.63) is 28.8 Å². The van der Waals surface area contributed by atoms with E-state index in [1.165, 1.54) is 0 Å². The highest BCUT2D eigenvalue weighted by molar-refractivity contribution is 6.32. The Hall–Kier alpha value is -1.19. The fourth-order valence-electron chi connectivity index (χ4n) is 1.31. The van der Waals surface area contributed by atoms with Crippen LogP contribution in [0.3, 0.4) is 0 Å². The molecule has 1 aliphatic rings. The predicted molar refractivity (Wildman–Crippen MR) is 55.7 cm³/mol. The molecule has 1 aromatic rings. The number of rotatable bonds is 2. The first-order chi connectivity index (χ1) is 6.83. The second kappa shape index (κ2) is 3.90. The third-order valence-electron chi connectivity index (χ3n) is 1.93. The molecule has 0 aliphatic carbocycles. The van der Waals surface area contributed by atoms with Crippen molar-refractivity contribution >= 4 is 17.7 Å². The normalized spacial score (nSPS) is 13.9. The Morgan fingerprint density at radius 3 is 2.93 bits per heavy atom. The van der Waals surface area contributed by atoms with Gasteiger partial charge in [0.1, 0.15) is 0 Å². The summed E-state index contributed by atoms with van der Waals surface area (Å²) in [6.07, 6.45) is 3.75. The standard InChI is InChI=1S/C10H10ClNO2/c11-8-4-3-7(2-1-5-12)9-10(8)14-6-13-9/h1-4H,5-6,12H2/b2-1+. The summed E-state index contributed by atoms with van der Waals surface area (Å²) in [7, 11) is 0. The van der Waals surface area contributed by atoms with Gasteiger partial charge in [0.05, 0.1) is 5.02 Å². The molecule has 0 fully saturated rings. The van der Waals surface area contributed by atoms with Gasteiger partial charge in [-0.1, -0.05) is 23.8 Å². The van der Waals surface area contributed by atoms with E-state index in [9.17, 15) is 0 Å². The number of hydrogen-bond donors (Lipinski definition) is 1. The third-order valence-corrected chi connectivity index (χ3v) is 2.23. The van der Waals surface area contributed by atoms with Gasteiger partial charge in [0, 0.05) is 12.1 Å². The van der Waals surface area contributed by atoms with Crippen LogP contribution in [0.25, 0.3) is 6.08 Å². The number of ether oxygens (including phenoxy) is 2. The summed E-state index contributed by atoms with van der Waals surface area (Å²) in [6, 6.07) is 3.66. The summed E-state index contributed by atoms with van der Waals surface area (Å²) >= 11 is 5.92. The largest absolute Gasteiger partial charge is 0.453 e.